The quantitative estimate of drug-likeness (QED) is 0.220. The molecule has 5 rings (SSSR count). The van der Waals surface area contributed by atoms with Crippen molar-refractivity contribution in [3.05, 3.63) is 63.5 Å². The molecule has 0 spiro atoms. The van der Waals surface area contributed by atoms with Crippen LogP contribution >= 0.6 is 12.3 Å². The average molecular weight is 533 g/mol. The standard InChI is InChI=1S/C25H21FO8S2/c1-13(2)5-7-15-22-16(9-10-25(3,4)31-22)23-20(24(15)34-36(26,28)29)21(27)17(12-30-23)14-6-8-18-19(11-14)33-35-32-18/h5-6,8-12H,7H2,1-4H3. The second-order valence-electron chi connectivity index (χ2n) is 9.13. The summed E-state index contributed by atoms with van der Waals surface area (Å²) in [5, 5.41) is -0.218. The molecule has 2 aliphatic heterocycles. The van der Waals surface area contributed by atoms with Gasteiger partial charge in [0.05, 0.1) is 11.1 Å². The van der Waals surface area contributed by atoms with Crippen LogP contribution < -0.4 is 22.7 Å². The van der Waals surface area contributed by atoms with Crippen LogP contribution in [-0.2, 0) is 16.9 Å². The van der Waals surface area contributed by atoms with Gasteiger partial charge in [0.1, 0.15) is 23.0 Å². The Morgan fingerprint density at radius 2 is 1.94 bits per heavy atom. The van der Waals surface area contributed by atoms with Crippen LogP contribution in [0.25, 0.3) is 28.2 Å². The Hall–Kier alpha value is -3.44. The highest BCUT2D eigenvalue weighted by Crippen LogP contribution is 2.46. The highest BCUT2D eigenvalue weighted by molar-refractivity contribution is 7.90. The highest BCUT2D eigenvalue weighted by Gasteiger charge is 2.33. The van der Waals surface area contributed by atoms with Crippen LogP contribution in [0.1, 0.15) is 38.8 Å². The fourth-order valence-electron chi connectivity index (χ4n) is 4.02. The summed E-state index contributed by atoms with van der Waals surface area (Å²) in [4.78, 5) is 13.8. The zero-order valence-corrected chi connectivity index (χ0v) is 21.3. The lowest BCUT2D eigenvalue weighted by molar-refractivity contribution is 0.157. The predicted molar refractivity (Wildman–Crippen MR) is 134 cm³/mol. The molecule has 0 saturated heterocycles. The van der Waals surface area contributed by atoms with Gasteiger partial charge in [0, 0.05) is 5.56 Å². The third kappa shape index (κ3) is 4.44. The number of ether oxygens (including phenoxy) is 1. The first-order valence-corrected chi connectivity index (χ1v) is 12.9. The van der Waals surface area contributed by atoms with Gasteiger partial charge >= 0.3 is 10.5 Å². The normalized spacial score (nSPS) is 15.4. The van der Waals surface area contributed by atoms with Crippen molar-refractivity contribution in [1.82, 2.24) is 0 Å². The molecule has 3 heterocycles. The van der Waals surface area contributed by atoms with Crippen molar-refractivity contribution in [2.45, 2.75) is 39.7 Å². The number of halogens is 1. The molecule has 0 fully saturated rings. The zero-order chi connectivity index (χ0) is 25.8. The summed E-state index contributed by atoms with van der Waals surface area (Å²) in [6.45, 7) is 7.33. The summed E-state index contributed by atoms with van der Waals surface area (Å²) < 4.78 is 64.8. The average Bonchev–Trinajstić information content (AvgIpc) is 3.24. The lowest BCUT2D eigenvalue weighted by Crippen LogP contribution is -2.28. The molecular weight excluding hydrogens is 511 g/mol. The molecule has 11 heteroatoms. The second kappa shape index (κ2) is 8.59. The molecule has 188 valence electrons. The first kappa shape index (κ1) is 24.3. The van der Waals surface area contributed by atoms with Crippen LogP contribution in [-0.4, -0.2) is 14.0 Å². The fraction of sp³-hybridized carbons (Fsp3) is 0.240. The van der Waals surface area contributed by atoms with Gasteiger partial charge in [0.15, 0.2) is 22.8 Å². The Balaban J connectivity index is 1.86. The fourth-order valence-corrected chi connectivity index (χ4v) is 4.85. The molecule has 3 aromatic rings. The lowest BCUT2D eigenvalue weighted by atomic mass is 9.93. The molecule has 0 radical (unpaired) electrons. The van der Waals surface area contributed by atoms with Gasteiger partial charge < -0.3 is 21.7 Å². The molecule has 0 saturated carbocycles. The Labute approximate surface area is 211 Å². The van der Waals surface area contributed by atoms with Crippen LogP contribution in [0.4, 0.5) is 3.89 Å². The number of rotatable bonds is 5. The minimum Gasteiger partial charge on any atom is -0.483 e. The third-order valence-corrected chi connectivity index (χ3v) is 6.53. The number of hydrogen-bond acceptors (Lipinski definition) is 9. The maximum absolute atomic E-state index is 14.0. The number of benzene rings is 2. The lowest BCUT2D eigenvalue weighted by Gasteiger charge is -2.30. The molecule has 0 aliphatic carbocycles. The van der Waals surface area contributed by atoms with Crippen molar-refractivity contribution in [3.63, 3.8) is 0 Å². The van der Waals surface area contributed by atoms with Crippen LogP contribution in [0, 0.1) is 0 Å². The molecule has 1 aromatic heterocycles. The predicted octanol–water partition coefficient (Wildman–Crippen LogP) is 6.08. The number of hydrogen-bond donors (Lipinski definition) is 0. The van der Waals surface area contributed by atoms with Gasteiger partial charge in [-0.3, -0.25) is 4.79 Å². The first-order valence-electron chi connectivity index (χ1n) is 10.9. The number of allylic oxidation sites excluding steroid dienone is 2. The zero-order valence-electron chi connectivity index (χ0n) is 19.7. The highest BCUT2D eigenvalue weighted by atomic mass is 32.3. The Morgan fingerprint density at radius 1 is 1.19 bits per heavy atom. The summed E-state index contributed by atoms with van der Waals surface area (Å²) in [7, 11) is -5.50. The third-order valence-electron chi connectivity index (χ3n) is 5.67. The van der Waals surface area contributed by atoms with Gasteiger partial charge in [-0.25, -0.2) is 0 Å². The van der Waals surface area contributed by atoms with Gasteiger partial charge in [-0.05, 0) is 64.0 Å². The molecular formula is C25H21FO8S2. The minimum atomic E-state index is -5.50. The topological polar surface area (TPSA) is 101 Å². The number of fused-ring (bicyclic) bond motifs is 4. The van der Waals surface area contributed by atoms with Crippen molar-refractivity contribution in [2.24, 2.45) is 0 Å². The van der Waals surface area contributed by atoms with E-state index in [1.54, 1.807) is 36.4 Å². The molecule has 8 nitrogen and oxygen atoms in total. The molecule has 0 bridgehead atoms. The van der Waals surface area contributed by atoms with Gasteiger partial charge in [-0.2, -0.15) is 8.42 Å². The van der Waals surface area contributed by atoms with E-state index in [9.17, 15) is 17.1 Å². The van der Waals surface area contributed by atoms with Crippen LogP contribution in [0.3, 0.4) is 0 Å². The second-order valence-corrected chi connectivity index (χ2v) is 10.6. The van der Waals surface area contributed by atoms with E-state index < -0.39 is 27.3 Å². The van der Waals surface area contributed by atoms with Crippen molar-refractivity contribution >= 4 is 39.9 Å². The Morgan fingerprint density at radius 3 is 2.67 bits per heavy atom. The van der Waals surface area contributed by atoms with Gasteiger partial charge in [-0.1, -0.05) is 21.6 Å². The Bertz CT molecular complexity index is 1630. The molecule has 36 heavy (non-hydrogen) atoms. The van der Waals surface area contributed by atoms with Gasteiger partial charge in [0.25, 0.3) is 12.3 Å². The molecule has 2 aliphatic rings. The van der Waals surface area contributed by atoms with Crippen molar-refractivity contribution < 1.29 is 34.0 Å². The SMILES string of the molecule is CC(C)=CCc1c2c(c3occ(-c4ccc5c(c4)OSO5)c(=O)c3c1OS(=O)(=O)F)C=CC(C)(C)O2. The van der Waals surface area contributed by atoms with E-state index in [-0.39, 0.29) is 34.3 Å². The van der Waals surface area contributed by atoms with Crippen LogP contribution in [0.2, 0.25) is 0 Å². The van der Waals surface area contributed by atoms with Crippen molar-refractivity contribution in [2.75, 3.05) is 0 Å². The van der Waals surface area contributed by atoms with Crippen LogP contribution in [0.5, 0.6) is 23.0 Å². The van der Waals surface area contributed by atoms with E-state index in [1.165, 1.54) is 6.26 Å². The molecule has 0 atom stereocenters. The summed E-state index contributed by atoms with van der Waals surface area (Å²) in [6, 6.07) is 4.85. The van der Waals surface area contributed by atoms with E-state index >= 15 is 0 Å². The summed E-state index contributed by atoms with van der Waals surface area (Å²) in [5.74, 6) is 0.682. The van der Waals surface area contributed by atoms with E-state index in [0.29, 0.717) is 22.6 Å². The van der Waals surface area contributed by atoms with Gasteiger partial charge in [0.2, 0.25) is 5.43 Å². The maximum atomic E-state index is 14.0. The maximum Gasteiger partial charge on any atom is 0.488 e. The summed E-state index contributed by atoms with van der Waals surface area (Å²) in [5.41, 5.74) is 0.739. The summed E-state index contributed by atoms with van der Waals surface area (Å²) in [6.07, 6.45) is 6.71. The monoisotopic (exact) mass is 532 g/mol. The van der Waals surface area contributed by atoms with E-state index in [4.69, 9.17) is 21.7 Å². The van der Waals surface area contributed by atoms with E-state index in [0.717, 1.165) is 17.9 Å². The van der Waals surface area contributed by atoms with Crippen molar-refractivity contribution in [3.8, 4) is 34.1 Å². The van der Waals surface area contributed by atoms with E-state index in [2.05, 4.69) is 0 Å². The smallest absolute Gasteiger partial charge is 0.483 e. The van der Waals surface area contributed by atoms with Crippen molar-refractivity contribution in [1.29, 1.82) is 0 Å². The Kier molecular flexibility index (Phi) is 5.79. The van der Waals surface area contributed by atoms with E-state index in [1.807, 2.05) is 27.7 Å². The largest absolute Gasteiger partial charge is 0.488 e. The molecule has 2 aromatic carbocycles. The molecule has 0 N–H and O–H groups in total. The molecule has 0 amide bonds. The first-order chi connectivity index (χ1) is 16.9. The molecule has 0 unspecified atom stereocenters. The van der Waals surface area contributed by atoms with Gasteiger partial charge in [-0.15, -0.1) is 0 Å². The van der Waals surface area contributed by atoms with Crippen LogP contribution in [0.15, 0.2) is 51.4 Å². The summed E-state index contributed by atoms with van der Waals surface area (Å²) >= 11 is 0.790. The minimum absolute atomic E-state index is 0.0152.